The molecule has 0 spiro atoms. The normalized spacial score (nSPS) is 15.3. The molecule has 7 heteroatoms. The van der Waals surface area contributed by atoms with E-state index in [-0.39, 0.29) is 0 Å². The zero-order valence-electron chi connectivity index (χ0n) is 12.6. The lowest BCUT2D eigenvalue weighted by Crippen LogP contribution is -2.36. The van der Waals surface area contributed by atoms with E-state index in [9.17, 15) is 0 Å². The lowest BCUT2D eigenvalue weighted by molar-refractivity contribution is 0.120. The molecule has 1 aromatic heterocycles. The van der Waals surface area contributed by atoms with Gasteiger partial charge in [0.25, 0.3) is 0 Å². The van der Waals surface area contributed by atoms with Crippen LogP contribution >= 0.6 is 27.5 Å². The molecule has 1 aliphatic rings. The number of methoxy groups -OCH3 is 1. The van der Waals surface area contributed by atoms with Gasteiger partial charge in [0.1, 0.15) is 11.5 Å². The van der Waals surface area contributed by atoms with Crippen molar-refractivity contribution in [3.8, 4) is 5.75 Å². The van der Waals surface area contributed by atoms with Crippen LogP contribution in [0.2, 0.25) is 5.02 Å². The summed E-state index contributed by atoms with van der Waals surface area (Å²) in [5, 5.41) is 0.525. The third kappa shape index (κ3) is 3.88. The van der Waals surface area contributed by atoms with Crippen LogP contribution < -0.4 is 9.64 Å². The first kappa shape index (κ1) is 16.4. The number of ether oxygens (including phenoxy) is 2. The van der Waals surface area contributed by atoms with Gasteiger partial charge < -0.3 is 18.8 Å². The Morgan fingerprint density at radius 1 is 1.30 bits per heavy atom. The van der Waals surface area contributed by atoms with Crippen LogP contribution in [0.4, 0.5) is 11.6 Å². The summed E-state index contributed by atoms with van der Waals surface area (Å²) in [6.45, 7) is 3.05. The number of furan rings is 1. The van der Waals surface area contributed by atoms with Crippen LogP contribution in [0.25, 0.3) is 0 Å². The summed E-state index contributed by atoms with van der Waals surface area (Å²) in [6.07, 6.45) is 1.67. The second-order valence-electron chi connectivity index (χ2n) is 4.98. The third-order valence-corrected chi connectivity index (χ3v) is 4.33. The first-order valence-corrected chi connectivity index (χ1v) is 8.34. The molecule has 1 aliphatic heterocycles. The molecule has 0 atom stereocenters. The Hall–Kier alpha value is -1.50. The zero-order chi connectivity index (χ0) is 16.2. The Balaban J connectivity index is 1.76. The number of morpholine rings is 1. The second-order valence-corrected chi connectivity index (χ2v) is 6.24. The molecule has 5 nitrogen and oxygen atoms in total. The van der Waals surface area contributed by atoms with Gasteiger partial charge in [0.2, 0.25) is 5.88 Å². The predicted octanol–water partition coefficient (Wildman–Crippen LogP) is 4.29. The highest BCUT2D eigenvalue weighted by Gasteiger charge is 2.18. The summed E-state index contributed by atoms with van der Waals surface area (Å²) in [6, 6.07) is 7.27. The van der Waals surface area contributed by atoms with Gasteiger partial charge in [-0.3, -0.25) is 4.99 Å². The van der Waals surface area contributed by atoms with Crippen LogP contribution in [0.3, 0.4) is 0 Å². The van der Waals surface area contributed by atoms with E-state index < -0.39 is 0 Å². The molecule has 2 heterocycles. The first-order chi connectivity index (χ1) is 11.2. The fourth-order valence-electron chi connectivity index (χ4n) is 2.30. The van der Waals surface area contributed by atoms with Crippen molar-refractivity contribution in [1.82, 2.24) is 0 Å². The molecule has 0 bridgehead atoms. The first-order valence-electron chi connectivity index (χ1n) is 7.17. The van der Waals surface area contributed by atoms with Gasteiger partial charge in [0.05, 0.1) is 41.7 Å². The van der Waals surface area contributed by atoms with E-state index >= 15 is 0 Å². The van der Waals surface area contributed by atoms with Crippen LogP contribution in [-0.2, 0) is 4.74 Å². The van der Waals surface area contributed by atoms with E-state index in [4.69, 9.17) is 25.5 Å². The molecule has 0 radical (unpaired) electrons. The molecule has 2 aromatic rings. The maximum absolute atomic E-state index is 6.09. The van der Waals surface area contributed by atoms with E-state index in [0.717, 1.165) is 29.1 Å². The van der Waals surface area contributed by atoms with Crippen LogP contribution in [0.15, 0.2) is 38.1 Å². The molecule has 0 N–H and O–H groups in total. The Morgan fingerprint density at radius 3 is 2.78 bits per heavy atom. The topological polar surface area (TPSA) is 47.2 Å². The lowest BCUT2D eigenvalue weighted by Gasteiger charge is -2.26. The van der Waals surface area contributed by atoms with Crippen LogP contribution in [0, 0.1) is 0 Å². The van der Waals surface area contributed by atoms with Gasteiger partial charge in [-0.2, -0.15) is 0 Å². The number of aliphatic imine (C=N–C) groups is 1. The van der Waals surface area contributed by atoms with E-state index in [1.54, 1.807) is 25.5 Å². The molecule has 122 valence electrons. The number of hydrogen-bond acceptors (Lipinski definition) is 5. The van der Waals surface area contributed by atoms with Gasteiger partial charge >= 0.3 is 0 Å². The summed E-state index contributed by atoms with van der Waals surface area (Å²) >= 11 is 9.63. The molecule has 1 fully saturated rings. The molecule has 0 aliphatic carbocycles. The fourth-order valence-corrected chi connectivity index (χ4v) is 3.11. The highest BCUT2D eigenvalue weighted by Crippen LogP contribution is 2.31. The molecule has 1 aromatic carbocycles. The molecular formula is C16H16BrClN2O3. The van der Waals surface area contributed by atoms with Crippen molar-refractivity contribution >= 4 is 45.3 Å². The average molecular weight is 400 g/mol. The molecule has 1 saturated heterocycles. The molecule has 23 heavy (non-hydrogen) atoms. The minimum Gasteiger partial charge on any atom is -0.495 e. The van der Waals surface area contributed by atoms with Crippen molar-refractivity contribution < 1.29 is 13.9 Å². The van der Waals surface area contributed by atoms with Crippen molar-refractivity contribution in [2.45, 2.75) is 0 Å². The van der Waals surface area contributed by atoms with Crippen LogP contribution in [-0.4, -0.2) is 39.6 Å². The van der Waals surface area contributed by atoms with E-state index in [1.807, 2.05) is 12.1 Å². The van der Waals surface area contributed by atoms with E-state index in [0.29, 0.717) is 29.7 Å². The van der Waals surface area contributed by atoms with Gasteiger partial charge in [-0.25, -0.2) is 0 Å². The van der Waals surface area contributed by atoms with Crippen molar-refractivity contribution in [3.05, 3.63) is 39.5 Å². The fraction of sp³-hybridized carbons (Fsp3) is 0.312. The standard InChI is InChI=1S/C16H16BrClN2O3/c1-21-15-3-2-11(8-14(15)18)19-10-12-9-13(17)16(23-12)20-4-6-22-7-5-20/h2-3,8-10H,4-7H2,1H3. The van der Waals surface area contributed by atoms with Crippen molar-refractivity contribution in [2.75, 3.05) is 38.3 Å². The Kier molecular flexibility index (Phi) is 5.25. The van der Waals surface area contributed by atoms with E-state index in [2.05, 4.69) is 25.8 Å². The summed E-state index contributed by atoms with van der Waals surface area (Å²) in [4.78, 5) is 6.54. The van der Waals surface area contributed by atoms with Crippen LogP contribution in [0.5, 0.6) is 5.75 Å². The quantitative estimate of drug-likeness (QED) is 0.720. The van der Waals surface area contributed by atoms with Gasteiger partial charge in [-0.05, 0) is 34.1 Å². The molecule has 3 rings (SSSR count). The maximum atomic E-state index is 6.09. The summed E-state index contributed by atoms with van der Waals surface area (Å²) < 4.78 is 17.3. The van der Waals surface area contributed by atoms with Gasteiger partial charge in [0.15, 0.2) is 0 Å². The second kappa shape index (κ2) is 7.38. The Bertz CT molecular complexity index is 711. The monoisotopic (exact) mass is 398 g/mol. The van der Waals surface area contributed by atoms with Crippen LogP contribution in [0.1, 0.15) is 5.76 Å². The number of hydrogen-bond donors (Lipinski definition) is 0. The number of halogens is 2. The number of benzene rings is 1. The molecule has 0 saturated carbocycles. The van der Waals surface area contributed by atoms with Crippen molar-refractivity contribution in [3.63, 3.8) is 0 Å². The minimum absolute atomic E-state index is 0.525. The number of rotatable bonds is 4. The Labute approximate surface area is 148 Å². The van der Waals surface area contributed by atoms with Crippen molar-refractivity contribution in [2.24, 2.45) is 4.99 Å². The molecule has 0 unspecified atom stereocenters. The highest BCUT2D eigenvalue weighted by molar-refractivity contribution is 9.10. The SMILES string of the molecule is COc1ccc(N=Cc2cc(Br)c(N3CCOCC3)o2)cc1Cl. The van der Waals surface area contributed by atoms with Gasteiger partial charge in [-0.1, -0.05) is 11.6 Å². The van der Waals surface area contributed by atoms with Crippen molar-refractivity contribution in [1.29, 1.82) is 0 Å². The lowest BCUT2D eigenvalue weighted by atomic mass is 10.3. The molecule has 0 amide bonds. The van der Waals surface area contributed by atoms with E-state index in [1.165, 1.54) is 0 Å². The number of nitrogens with zero attached hydrogens (tertiary/aromatic N) is 2. The molecular weight excluding hydrogens is 384 g/mol. The third-order valence-electron chi connectivity index (χ3n) is 3.46. The predicted molar refractivity (Wildman–Crippen MR) is 94.7 cm³/mol. The maximum Gasteiger partial charge on any atom is 0.210 e. The summed E-state index contributed by atoms with van der Waals surface area (Å²) in [5.74, 6) is 2.11. The smallest absolute Gasteiger partial charge is 0.210 e. The minimum atomic E-state index is 0.525. The summed E-state index contributed by atoms with van der Waals surface area (Å²) in [5.41, 5.74) is 0.733. The largest absolute Gasteiger partial charge is 0.495 e. The van der Waals surface area contributed by atoms with Gasteiger partial charge in [-0.15, -0.1) is 0 Å². The zero-order valence-corrected chi connectivity index (χ0v) is 14.9. The highest BCUT2D eigenvalue weighted by atomic mass is 79.9. The number of anilines is 1. The Morgan fingerprint density at radius 2 is 2.09 bits per heavy atom. The average Bonchev–Trinajstić information content (AvgIpc) is 2.95. The summed E-state index contributed by atoms with van der Waals surface area (Å²) in [7, 11) is 1.58. The van der Waals surface area contributed by atoms with Gasteiger partial charge in [0, 0.05) is 19.2 Å².